The van der Waals surface area contributed by atoms with E-state index in [4.69, 9.17) is 14.3 Å². The number of halogens is 1. The molecule has 3 heterocycles. The Hall–Kier alpha value is -1.24. The Kier molecular flexibility index (Phi) is 11.8. The van der Waals surface area contributed by atoms with Crippen LogP contribution < -0.4 is 10.6 Å². The fourth-order valence-electron chi connectivity index (χ4n) is 3.33. The minimum absolute atomic E-state index is 0. The molecule has 1 unspecified atom stereocenters. The summed E-state index contributed by atoms with van der Waals surface area (Å²) < 4.78 is 10.9. The predicted molar refractivity (Wildman–Crippen MR) is 136 cm³/mol. The van der Waals surface area contributed by atoms with Gasteiger partial charge in [-0.05, 0) is 24.8 Å². The van der Waals surface area contributed by atoms with Crippen molar-refractivity contribution in [3.8, 4) is 0 Å². The number of guanidine groups is 1. The molecule has 1 aliphatic rings. The molecule has 2 N–H and O–H groups in total. The second-order valence-corrected chi connectivity index (χ2v) is 8.61. The number of hydrogen-bond donors (Lipinski definition) is 2. The fraction of sp³-hybridized carbons (Fsp3) is 0.667. The van der Waals surface area contributed by atoms with E-state index in [0.29, 0.717) is 5.89 Å². The molecule has 2 aromatic rings. The van der Waals surface area contributed by atoms with Gasteiger partial charge in [0.25, 0.3) is 0 Å². The van der Waals surface area contributed by atoms with E-state index < -0.39 is 0 Å². The lowest BCUT2D eigenvalue weighted by atomic mass is 10.2. The predicted octanol–water partition coefficient (Wildman–Crippen LogP) is 3.43. The van der Waals surface area contributed by atoms with Crippen molar-refractivity contribution in [2.75, 3.05) is 45.9 Å². The summed E-state index contributed by atoms with van der Waals surface area (Å²) in [5.41, 5.74) is 0. The van der Waals surface area contributed by atoms with Crippen molar-refractivity contribution in [2.24, 2.45) is 4.99 Å². The van der Waals surface area contributed by atoms with E-state index in [2.05, 4.69) is 64.0 Å². The van der Waals surface area contributed by atoms with Crippen LogP contribution in [0.2, 0.25) is 0 Å². The molecule has 0 aliphatic carbocycles. The van der Waals surface area contributed by atoms with Gasteiger partial charge in [0.2, 0.25) is 5.89 Å². The third-order valence-corrected chi connectivity index (χ3v) is 5.96. The molecule has 2 aromatic heterocycles. The van der Waals surface area contributed by atoms with Gasteiger partial charge in [0.1, 0.15) is 0 Å². The standard InChI is InChI=1S/C21H34N6O2S.HI/c1-4-22-21(23-9-5-8-19-25-20(16(2)3)26-29-19)24-15-17(18-7-6-14-30-18)27-10-12-28-13-11-27;/h6-7,14,16-17H,4-5,8-13,15H2,1-3H3,(H2,22,23,24);1H. The van der Waals surface area contributed by atoms with E-state index >= 15 is 0 Å². The summed E-state index contributed by atoms with van der Waals surface area (Å²) in [6.07, 6.45) is 1.67. The van der Waals surface area contributed by atoms with Crippen LogP contribution in [0.4, 0.5) is 0 Å². The largest absolute Gasteiger partial charge is 0.379 e. The van der Waals surface area contributed by atoms with Gasteiger partial charge in [-0.1, -0.05) is 25.1 Å². The van der Waals surface area contributed by atoms with Crippen molar-refractivity contribution in [2.45, 2.75) is 45.6 Å². The summed E-state index contributed by atoms with van der Waals surface area (Å²) in [4.78, 5) is 13.2. The normalized spacial score (nSPS) is 16.2. The zero-order valence-corrected chi connectivity index (χ0v) is 21.8. The van der Waals surface area contributed by atoms with Crippen LogP contribution in [-0.2, 0) is 11.2 Å². The molecule has 8 nitrogen and oxygen atoms in total. The van der Waals surface area contributed by atoms with Gasteiger partial charge in [0.05, 0.1) is 25.8 Å². The Labute approximate surface area is 206 Å². The van der Waals surface area contributed by atoms with E-state index in [-0.39, 0.29) is 35.9 Å². The Morgan fingerprint density at radius 3 is 2.74 bits per heavy atom. The molecule has 10 heteroatoms. The summed E-state index contributed by atoms with van der Waals surface area (Å²) >= 11 is 1.80. The Bertz CT molecular complexity index is 762. The molecule has 3 rings (SSSR count). The van der Waals surface area contributed by atoms with Gasteiger partial charge in [0.15, 0.2) is 11.8 Å². The minimum atomic E-state index is 0. The van der Waals surface area contributed by atoms with E-state index in [1.54, 1.807) is 11.3 Å². The second-order valence-electron chi connectivity index (χ2n) is 7.63. The zero-order chi connectivity index (χ0) is 21.2. The average Bonchev–Trinajstić information content (AvgIpc) is 3.44. The molecule has 1 fully saturated rings. The van der Waals surface area contributed by atoms with Crippen LogP contribution in [0, 0.1) is 0 Å². The maximum absolute atomic E-state index is 5.53. The molecular weight excluding hydrogens is 527 g/mol. The summed E-state index contributed by atoms with van der Waals surface area (Å²) in [5, 5.41) is 12.9. The highest BCUT2D eigenvalue weighted by molar-refractivity contribution is 14.0. The average molecular weight is 563 g/mol. The molecule has 1 saturated heterocycles. The minimum Gasteiger partial charge on any atom is -0.379 e. The number of hydrogen-bond acceptors (Lipinski definition) is 7. The Morgan fingerprint density at radius 1 is 1.29 bits per heavy atom. The lowest BCUT2D eigenvalue weighted by molar-refractivity contribution is 0.0186. The summed E-state index contributed by atoms with van der Waals surface area (Å²) in [7, 11) is 0. The highest BCUT2D eigenvalue weighted by Crippen LogP contribution is 2.26. The van der Waals surface area contributed by atoms with Gasteiger partial charge in [-0.2, -0.15) is 4.98 Å². The van der Waals surface area contributed by atoms with Crippen LogP contribution in [0.15, 0.2) is 27.0 Å². The summed E-state index contributed by atoms with van der Waals surface area (Å²) in [5.74, 6) is 2.61. The third kappa shape index (κ3) is 8.32. The van der Waals surface area contributed by atoms with Crippen LogP contribution in [0.5, 0.6) is 0 Å². The first-order valence-electron chi connectivity index (χ1n) is 10.9. The molecule has 0 spiro atoms. The van der Waals surface area contributed by atoms with Crippen molar-refractivity contribution >= 4 is 41.3 Å². The lowest BCUT2D eigenvalue weighted by Gasteiger charge is -2.33. The van der Waals surface area contributed by atoms with Crippen molar-refractivity contribution in [3.63, 3.8) is 0 Å². The van der Waals surface area contributed by atoms with Gasteiger partial charge in [-0.15, -0.1) is 35.3 Å². The van der Waals surface area contributed by atoms with Crippen LogP contribution in [-0.4, -0.2) is 66.9 Å². The highest BCUT2D eigenvalue weighted by atomic mass is 127. The topological polar surface area (TPSA) is 87.8 Å². The number of aromatic nitrogens is 2. The van der Waals surface area contributed by atoms with Gasteiger partial charge in [-0.25, -0.2) is 0 Å². The van der Waals surface area contributed by atoms with Crippen molar-refractivity contribution in [3.05, 3.63) is 34.1 Å². The smallest absolute Gasteiger partial charge is 0.226 e. The molecule has 0 bridgehead atoms. The third-order valence-electron chi connectivity index (χ3n) is 4.98. The molecule has 0 saturated carbocycles. The highest BCUT2D eigenvalue weighted by Gasteiger charge is 2.23. The molecule has 0 aromatic carbocycles. The Morgan fingerprint density at radius 2 is 2.10 bits per heavy atom. The van der Waals surface area contributed by atoms with Gasteiger partial charge in [-0.3, -0.25) is 9.89 Å². The molecule has 0 radical (unpaired) electrons. The van der Waals surface area contributed by atoms with E-state index in [1.807, 2.05) is 0 Å². The molecular formula is C21H35IN6O2S. The van der Waals surface area contributed by atoms with Gasteiger partial charge in [0, 0.05) is 43.4 Å². The van der Waals surface area contributed by atoms with Crippen molar-refractivity contribution in [1.82, 2.24) is 25.7 Å². The molecule has 0 amide bonds. The number of thiophene rings is 1. The number of ether oxygens (including phenoxy) is 1. The maximum atomic E-state index is 5.53. The van der Waals surface area contributed by atoms with E-state index in [9.17, 15) is 0 Å². The number of aryl methyl sites for hydroxylation is 1. The number of morpholine rings is 1. The molecule has 1 atom stereocenters. The number of nitrogens with zero attached hydrogens (tertiary/aromatic N) is 4. The van der Waals surface area contributed by atoms with E-state index in [0.717, 1.165) is 70.6 Å². The van der Waals surface area contributed by atoms with Crippen LogP contribution in [0.1, 0.15) is 55.7 Å². The summed E-state index contributed by atoms with van der Waals surface area (Å²) in [6, 6.07) is 4.61. The zero-order valence-electron chi connectivity index (χ0n) is 18.7. The first-order chi connectivity index (χ1) is 14.7. The first-order valence-corrected chi connectivity index (χ1v) is 11.7. The SMILES string of the molecule is CCNC(=NCC(c1cccs1)N1CCOCC1)NCCCc1nc(C(C)C)no1.I. The Balaban J connectivity index is 0.00000341. The first kappa shape index (κ1) is 26.0. The molecule has 1 aliphatic heterocycles. The molecule has 174 valence electrons. The van der Waals surface area contributed by atoms with Crippen LogP contribution in [0.3, 0.4) is 0 Å². The lowest BCUT2D eigenvalue weighted by Crippen LogP contribution is -2.41. The van der Waals surface area contributed by atoms with Crippen molar-refractivity contribution < 1.29 is 9.26 Å². The number of rotatable bonds is 10. The van der Waals surface area contributed by atoms with E-state index in [1.165, 1.54) is 4.88 Å². The van der Waals surface area contributed by atoms with Crippen LogP contribution in [0.25, 0.3) is 0 Å². The number of aliphatic imine (C=N–C) groups is 1. The van der Waals surface area contributed by atoms with Gasteiger partial charge < -0.3 is 19.9 Å². The van der Waals surface area contributed by atoms with Crippen LogP contribution >= 0.6 is 35.3 Å². The summed E-state index contributed by atoms with van der Waals surface area (Å²) in [6.45, 7) is 12.0. The van der Waals surface area contributed by atoms with Gasteiger partial charge >= 0.3 is 0 Å². The second kappa shape index (κ2) is 14.0. The monoisotopic (exact) mass is 562 g/mol. The quantitative estimate of drug-likeness (QED) is 0.199. The maximum Gasteiger partial charge on any atom is 0.226 e. The van der Waals surface area contributed by atoms with Crippen molar-refractivity contribution in [1.29, 1.82) is 0 Å². The fourth-order valence-corrected chi connectivity index (χ4v) is 4.18. The number of nitrogens with one attached hydrogen (secondary N) is 2. The molecule has 31 heavy (non-hydrogen) atoms.